The molecule has 0 radical (unpaired) electrons. The molecule has 0 aliphatic carbocycles. The van der Waals surface area contributed by atoms with Crippen molar-refractivity contribution in [3.63, 3.8) is 0 Å². The molecular formula is C25H20N4O3S2. The number of hydrogen-bond acceptors (Lipinski definition) is 7. The first-order chi connectivity index (χ1) is 16.5. The minimum absolute atomic E-state index is 0.334. The largest absolute Gasteiger partial charge is 0.449 e. The van der Waals surface area contributed by atoms with Gasteiger partial charge in [0, 0.05) is 10.9 Å². The number of fused-ring (bicyclic) bond motifs is 1. The summed E-state index contributed by atoms with van der Waals surface area (Å²) in [7, 11) is 0. The van der Waals surface area contributed by atoms with E-state index in [-0.39, 0.29) is 0 Å². The first-order valence-electron chi connectivity index (χ1n) is 10.5. The summed E-state index contributed by atoms with van der Waals surface area (Å²) >= 11 is 2.90. The second-order valence-electron chi connectivity index (χ2n) is 7.74. The summed E-state index contributed by atoms with van der Waals surface area (Å²) in [4.78, 5) is 38.5. The Labute approximate surface area is 203 Å². The van der Waals surface area contributed by atoms with E-state index >= 15 is 0 Å². The molecule has 1 unspecified atom stereocenters. The molecule has 1 amide bonds. The number of imidazole rings is 1. The molecule has 0 spiro atoms. The zero-order valence-corrected chi connectivity index (χ0v) is 20.0. The maximum absolute atomic E-state index is 12.7. The Hall–Kier alpha value is -3.82. The lowest BCUT2D eigenvalue weighted by atomic mass is 10.1. The predicted molar refractivity (Wildman–Crippen MR) is 135 cm³/mol. The number of esters is 1. The van der Waals surface area contributed by atoms with Crippen molar-refractivity contribution in [2.45, 2.75) is 20.0 Å². The number of nitrogens with zero attached hydrogens (tertiary/aromatic N) is 2. The number of nitrogens with one attached hydrogen (secondary N) is 2. The van der Waals surface area contributed by atoms with E-state index in [9.17, 15) is 9.59 Å². The Morgan fingerprint density at radius 3 is 2.65 bits per heavy atom. The minimum atomic E-state index is -0.984. The molecule has 3 aromatic heterocycles. The number of aromatic nitrogens is 3. The monoisotopic (exact) mass is 488 g/mol. The number of ether oxygens (including phenoxy) is 1. The second kappa shape index (κ2) is 9.20. The zero-order chi connectivity index (χ0) is 23.7. The van der Waals surface area contributed by atoms with E-state index in [1.807, 2.05) is 54.1 Å². The summed E-state index contributed by atoms with van der Waals surface area (Å²) in [6.07, 6.45) is -0.984. The number of carbonyl (C=O) groups excluding carboxylic acids is 2. The van der Waals surface area contributed by atoms with E-state index in [0.717, 1.165) is 27.5 Å². The van der Waals surface area contributed by atoms with Crippen LogP contribution in [0, 0.1) is 6.92 Å². The van der Waals surface area contributed by atoms with Gasteiger partial charge in [-0.05, 0) is 43.5 Å². The molecule has 0 aliphatic heterocycles. The molecule has 0 saturated carbocycles. The summed E-state index contributed by atoms with van der Waals surface area (Å²) in [5.41, 5.74) is 4.72. The van der Waals surface area contributed by atoms with Crippen LogP contribution < -0.4 is 5.32 Å². The SMILES string of the molecule is Cc1ccc(-c2nc3ccc(C(=O)OC(C)C(=O)Nc4nc(-c5cccs5)cs4)cc3[nH]2)cc1. The molecular weight excluding hydrogens is 468 g/mol. The molecule has 1 atom stereocenters. The van der Waals surface area contributed by atoms with Crippen LogP contribution in [0.3, 0.4) is 0 Å². The van der Waals surface area contributed by atoms with Crippen molar-refractivity contribution in [2.24, 2.45) is 0 Å². The molecule has 2 aromatic carbocycles. The van der Waals surface area contributed by atoms with Crippen molar-refractivity contribution in [2.75, 3.05) is 5.32 Å². The maximum atomic E-state index is 12.7. The highest BCUT2D eigenvalue weighted by atomic mass is 32.1. The Morgan fingerprint density at radius 2 is 1.88 bits per heavy atom. The smallest absolute Gasteiger partial charge is 0.338 e. The van der Waals surface area contributed by atoms with Crippen LogP contribution in [0.5, 0.6) is 0 Å². The number of aromatic amines is 1. The Kier molecular flexibility index (Phi) is 5.95. The number of thiazole rings is 1. The van der Waals surface area contributed by atoms with Gasteiger partial charge in [-0.15, -0.1) is 22.7 Å². The summed E-state index contributed by atoms with van der Waals surface area (Å²) in [6.45, 7) is 3.56. The second-order valence-corrected chi connectivity index (χ2v) is 9.54. The quantitative estimate of drug-likeness (QED) is 0.290. The molecule has 2 N–H and O–H groups in total. The molecule has 170 valence electrons. The van der Waals surface area contributed by atoms with Gasteiger partial charge in [0.05, 0.1) is 27.2 Å². The lowest BCUT2D eigenvalue weighted by Gasteiger charge is -2.12. The van der Waals surface area contributed by atoms with E-state index in [1.165, 1.54) is 23.8 Å². The number of carbonyl (C=O) groups is 2. The van der Waals surface area contributed by atoms with E-state index in [0.29, 0.717) is 16.2 Å². The molecule has 0 aliphatic rings. The van der Waals surface area contributed by atoms with Gasteiger partial charge in [-0.1, -0.05) is 35.9 Å². The molecule has 9 heteroatoms. The molecule has 7 nitrogen and oxygen atoms in total. The standard InChI is InChI=1S/C25H20N4O3S2/c1-14-5-7-16(8-6-14)22-26-18-10-9-17(12-19(18)27-22)24(31)32-15(2)23(30)29-25-28-20(13-34-25)21-4-3-11-33-21/h3-13,15H,1-2H3,(H,26,27)(H,28,29,30). The number of hydrogen-bond donors (Lipinski definition) is 2. The third kappa shape index (κ3) is 4.61. The van der Waals surface area contributed by atoms with Crippen LogP contribution in [0.1, 0.15) is 22.8 Å². The van der Waals surface area contributed by atoms with Crippen molar-refractivity contribution in [1.29, 1.82) is 0 Å². The highest BCUT2D eigenvalue weighted by Gasteiger charge is 2.21. The number of amides is 1. The van der Waals surface area contributed by atoms with Crippen LogP contribution in [-0.2, 0) is 9.53 Å². The van der Waals surface area contributed by atoms with Gasteiger partial charge < -0.3 is 9.72 Å². The van der Waals surface area contributed by atoms with Crippen molar-refractivity contribution in [1.82, 2.24) is 15.0 Å². The molecule has 5 aromatic rings. The fraction of sp³-hybridized carbons (Fsp3) is 0.120. The van der Waals surface area contributed by atoms with Crippen LogP contribution in [0.25, 0.3) is 33.0 Å². The Balaban J connectivity index is 1.25. The van der Waals surface area contributed by atoms with Gasteiger partial charge in [0.15, 0.2) is 11.2 Å². The third-order valence-electron chi connectivity index (χ3n) is 5.20. The lowest BCUT2D eigenvalue weighted by molar-refractivity contribution is -0.123. The fourth-order valence-corrected chi connectivity index (χ4v) is 4.82. The number of benzene rings is 2. The highest BCUT2D eigenvalue weighted by Crippen LogP contribution is 2.28. The average molecular weight is 489 g/mol. The topological polar surface area (TPSA) is 97.0 Å². The van der Waals surface area contributed by atoms with Gasteiger partial charge in [-0.2, -0.15) is 0 Å². The Morgan fingerprint density at radius 1 is 1.06 bits per heavy atom. The molecule has 3 heterocycles. The first kappa shape index (κ1) is 22.0. The van der Waals surface area contributed by atoms with Crippen LogP contribution >= 0.6 is 22.7 Å². The maximum Gasteiger partial charge on any atom is 0.338 e. The number of thiophene rings is 1. The van der Waals surface area contributed by atoms with Gasteiger partial charge in [-0.25, -0.2) is 14.8 Å². The van der Waals surface area contributed by atoms with E-state index in [1.54, 1.807) is 29.5 Å². The number of H-pyrrole nitrogens is 1. The van der Waals surface area contributed by atoms with Gasteiger partial charge in [-0.3, -0.25) is 10.1 Å². The lowest BCUT2D eigenvalue weighted by Crippen LogP contribution is -2.29. The van der Waals surface area contributed by atoms with Gasteiger partial charge in [0.1, 0.15) is 5.82 Å². The third-order valence-corrected chi connectivity index (χ3v) is 6.85. The summed E-state index contributed by atoms with van der Waals surface area (Å²) in [6, 6.07) is 17.0. The first-order valence-corrected chi connectivity index (χ1v) is 12.3. The van der Waals surface area contributed by atoms with Gasteiger partial charge in [0.25, 0.3) is 5.91 Å². The van der Waals surface area contributed by atoms with E-state index in [4.69, 9.17) is 4.74 Å². The number of aryl methyl sites for hydroxylation is 1. The zero-order valence-electron chi connectivity index (χ0n) is 18.4. The normalized spacial score (nSPS) is 11.9. The highest BCUT2D eigenvalue weighted by molar-refractivity contribution is 7.16. The summed E-state index contributed by atoms with van der Waals surface area (Å²) in [5.74, 6) is -0.308. The molecule has 0 saturated heterocycles. The van der Waals surface area contributed by atoms with Crippen molar-refractivity contribution in [3.8, 4) is 22.0 Å². The van der Waals surface area contributed by atoms with Gasteiger partial charge >= 0.3 is 5.97 Å². The van der Waals surface area contributed by atoms with Crippen molar-refractivity contribution < 1.29 is 14.3 Å². The number of rotatable bonds is 6. The van der Waals surface area contributed by atoms with Crippen LogP contribution in [0.2, 0.25) is 0 Å². The van der Waals surface area contributed by atoms with Crippen LogP contribution in [-0.4, -0.2) is 32.9 Å². The summed E-state index contributed by atoms with van der Waals surface area (Å²) < 4.78 is 5.40. The molecule has 0 fully saturated rings. The minimum Gasteiger partial charge on any atom is -0.449 e. The van der Waals surface area contributed by atoms with E-state index < -0.39 is 18.0 Å². The Bertz CT molecular complexity index is 1470. The predicted octanol–water partition coefficient (Wildman–Crippen LogP) is 5.91. The number of anilines is 1. The van der Waals surface area contributed by atoms with Crippen molar-refractivity contribution >= 4 is 50.7 Å². The van der Waals surface area contributed by atoms with Gasteiger partial charge in [0.2, 0.25) is 0 Å². The van der Waals surface area contributed by atoms with Crippen LogP contribution in [0.4, 0.5) is 5.13 Å². The molecule has 5 rings (SSSR count). The fourth-order valence-electron chi connectivity index (χ4n) is 3.34. The molecule has 34 heavy (non-hydrogen) atoms. The van der Waals surface area contributed by atoms with Crippen LogP contribution in [0.15, 0.2) is 65.4 Å². The van der Waals surface area contributed by atoms with E-state index in [2.05, 4.69) is 20.3 Å². The molecule has 0 bridgehead atoms. The van der Waals surface area contributed by atoms with Crippen molar-refractivity contribution in [3.05, 3.63) is 76.5 Å². The average Bonchev–Trinajstić information content (AvgIpc) is 3.59. The summed E-state index contributed by atoms with van der Waals surface area (Å²) in [5, 5.41) is 7.02.